The summed E-state index contributed by atoms with van der Waals surface area (Å²) in [7, 11) is 0. The molecule has 0 N–H and O–H groups in total. The van der Waals surface area contributed by atoms with Crippen molar-refractivity contribution in [2.24, 2.45) is 0 Å². The van der Waals surface area contributed by atoms with Gasteiger partial charge < -0.3 is 0 Å². The predicted octanol–water partition coefficient (Wildman–Crippen LogP) is 3.91. The molecule has 0 spiro atoms. The maximum absolute atomic E-state index is 3.52. The normalized spacial score (nSPS) is 10.5. The van der Waals surface area contributed by atoms with E-state index in [1.54, 1.807) is 0 Å². The van der Waals surface area contributed by atoms with Gasteiger partial charge in [0.05, 0.1) is 0 Å². The molecule has 0 unspecified atom stereocenters. The number of rotatable bonds is 0. The van der Waals surface area contributed by atoms with Gasteiger partial charge in [-0.15, -0.1) is 0 Å². The Morgan fingerprint density at radius 2 is 1.92 bits per heavy atom. The Balaban J connectivity index is 2.86. The summed E-state index contributed by atoms with van der Waals surface area (Å²) in [6.45, 7) is 2.11. The SMILES string of the molecule is Cc1ccc2c(Br)cccc2c1. The Morgan fingerprint density at radius 3 is 2.75 bits per heavy atom. The molecule has 0 atom stereocenters. The van der Waals surface area contributed by atoms with Crippen molar-refractivity contribution in [1.29, 1.82) is 0 Å². The molecule has 0 fully saturated rings. The van der Waals surface area contributed by atoms with Crippen molar-refractivity contribution in [2.75, 3.05) is 0 Å². The summed E-state index contributed by atoms with van der Waals surface area (Å²) in [5, 5.41) is 2.58. The van der Waals surface area contributed by atoms with E-state index >= 15 is 0 Å². The maximum Gasteiger partial charge on any atom is 0.0253 e. The van der Waals surface area contributed by atoms with Crippen molar-refractivity contribution in [3.05, 3.63) is 46.4 Å². The van der Waals surface area contributed by atoms with E-state index in [0.29, 0.717) is 0 Å². The van der Waals surface area contributed by atoms with Gasteiger partial charge in [0.25, 0.3) is 0 Å². The van der Waals surface area contributed by atoms with Crippen molar-refractivity contribution in [2.45, 2.75) is 6.92 Å². The number of aryl methyl sites for hydroxylation is 1. The quantitative estimate of drug-likeness (QED) is 0.632. The lowest BCUT2D eigenvalue weighted by molar-refractivity contribution is 1.50. The Labute approximate surface area is 80.3 Å². The third-order valence-corrected chi connectivity index (χ3v) is 2.67. The molecule has 1 heteroatoms. The summed E-state index contributed by atoms with van der Waals surface area (Å²) in [4.78, 5) is 0. The molecule has 0 radical (unpaired) electrons. The summed E-state index contributed by atoms with van der Waals surface area (Å²) < 4.78 is 1.17. The lowest BCUT2D eigenvalue weighted by Gasteiger charge is -2.00. The number of fused-ring (bicyclic) bond motifs is 1. The molecule has 0 aliphatic heterocycles. The van der Waals surface area contributed by atoms with Gasteiger partial charge in [-0.05, 0) is 23.8 Å². The highest BCUT2D eigenvalue weighted by Crippen LogP contribution is 2.24. The van der Waals surface area contributed by atoms with Crippen LogP contribution in [-0.4, -0.2) is 0 Å². The average Bonchev–Trinajstić information content (AvgIpc) is 2.04. The molecule has 0 saturated heterocycles. The molecule has 0 nitrogen and oxygen atoms in total. The first kappa shape index (κ1) is 7.81. The molecule has 0 aliphatic carbocycles. The fraction of sp³-hybridized carbons (Fsp3) is 0.0909. The average molecular weight is 221 g/mol. The van der Waals surface area contributed by atoms with Crippen LogP contribution in [0.25, 0.3) is 10.8 Å². The van der Waals surface area contributed by atoms with Gasteiger partial charge in [-0.3, -0.25) is 0 Å². The molecule has 60 valence electrons. The molecule has 0 amide bonds. The van der Waals surface area contributed by atoms with Gasteiger partial charge in [-0.25, -0.2) is 0 Å². The molecule has 2 aromatic rings. The van der Waals surface area contributed by atoms with Crippen LogP contribution in [0.15, 0.2) is 40.9 Å². The van der Waals surface area contributed by atoms with Crippen molar-refractivity contribution in [3.8, 4) is 0 Å². The van der Waals surface area contributed by atoms with Crippen molar-refractivity contribution >= 4 is 26.7 Å². The zero-order valence-electron chi connectivity index (χ0n) is 6.84. The van der Waals surface area contributed by atoms with Gasteiger partial charge in [0.15, 0.2) is 0 Å². The lowest BCUT2D eigenvalue weighted by Crippen LogP contribution is -1.75. The van der Waals surface area contributed by atoms with Crippen LogP contribution in [0.1, 0.15) is 5.56 Å². The summed E-state index contributed by atoms with van der Waals surface area (Å²) in [5.41, 5.74) is 1.31. The first-order valence-corrected chi connectivity index (χ1v) is 4.71. The summed E-state index contributed by atoms with van der Waals surface area (Å²) in [6, 6.07) is 12.7. The van der Waals surface area contributed by atoms with E-state index in [2.05, 4.69) is 59.3 Å². The summed E-state index contributed by atoms with van der Waals surface area (Å²) in [5.74, 6) is 0. The van der Waals surface area contributed by atoms with E-state index in [4.69, 9.17) is 0 Å². The molecule has 0 bridgehead atoms. The van der Waals surface area contributed by atoms with Gasteiger partial charge in [-0.2, -0.15) is 0 Å². The number of hydrogen-bond donors (Lipinski definition) is 0. The van der Waals surface area contributed by atoms with Crippen molar-refractivity contribution in [1.82, 2.24) is 0 Å². The highest BCUT2D eigenvalue weighted by Gasteiger charge is 1.96. The smallest absolute Gasteiger partial charge is 0.0253 e. The zero-order chi connectivity index (χ0) is 8.55. The van der Waals surface area contributed by atoms with E-state index in [0.717, 1.165) is 0 Å². The largest absolute Gasteiger partial charge is 0.0605 e. The lowest BCUT2D eigenvalue weighted by atomic mass is 10.1. The number of benzene rings is 2. The predicted molar refractivity (Wildman–Crippen MR) is 56.4 cm³/mol. The second kappa shape index (κ2) is 2.91. The fourth-order valence-corrected chi connectivity index (χ4v) is 1.88. The second-order valence-electron chi connectivity index (χ2n) is 2.96. The summed E-state index contributed by atoms with van der Waals surface area (Å²) in [6.07, 6.45) is 0. The van der Waals surface area contributed by atoms with Crippen molar-refractivity contribution < 1.29 is 0 Å². The Bertz CT molecular complexity index is 418. The van der Waals surface area contributed by atoms with Gasteiger partial charge in [0.2, 0.25) is 0 Å². The minimum absolute atomic E-state index is 1.17. The van der Waals surface area contributed by atoms with E-state index in [1.165, 1.54) is 20.8 Å². The van der Waals surface area contributed by atoms with Crippen LogP contribution < -0.4 is 0 Å². The standard InChI is InChI=1S/C11H9Br/c1-8-5-6-10-9(7-8)3-2-4-11(10)12/h2-7H,1H3. The topological polar surface area (TPSA) is 0 Å². The highest BCUT2D eigenvalue weighted by atomic mass is 79.9. The zero-order valence-corrected chi connectivity index (χ0v) is 8.43. The Hall–Kier alpha value is -0.820. The minimum Gasteiger partial charge on any atom is -0.0605 e. The van der Waals surface area contributed by atoms with Crippen LogP contribution in [0.4, 0.5) is 0 Å². The highest BCUT2D eigenvalue weighted by molar-refractivity contribution is 9.10. The maximum atomic E-state index is 3.52. The summed E-state index contributed by atoms with van der Waals surface area (Å²) >= 11 is 3.52. The van der Waals surface area contributed by atoms with Gasteiger partial charge in [-0.1, -0.05) is 51.8 Å². The molecule has 2 rings (SSSR count). The van der Waals surface area contributed by atoms with Gasteiger partial charge in [0.1, 0.15) is 0 Å². The minimum atomic E-state index is 1.17. The first-order valence-electron chi connectivity index (χ1n) is 3.92. The Kier molecular flexibility index (Phi) is 1.89. The molecular formula is C11H9Br. The van der Waals surface area contributed by atoms with Gasteiger partial charge in [0, 0.05) is 4.47 Å². The number of halogens is 1. The van der Waals surface area contributed by atoms with Crippen LogP contribution in [0.3, 0.4) is 0 Å². The van der Waals surface area contributed by atoms with E-state index in [9.17, 15) is 0 Å². The van der Waals surface area contributed by atoms with E-state index < -0.39 is 0 Å². The first-order chi connectivity index (χ1) is 5.77. The third-order valence-electron chi connectivity index (χ3n) is 1.98. The van der Waals surface area contributed by atoms with Crippen LogP contribution in [0.2, 0.25) is 0 Å². The molecular weight excluding hydrogens is 212 g/mol. The van der Waals surface area contributed by atoms with Crippen LogP contribution in [0, 0.1) is 6.92 Å². The molecule has 0 aromatic heterocycles. The van der Waals surface area contributed by atoms with Crippen LogP contribution >= 0.6 is 15.9 Å². The van der Waals surface area contributed by atoms with Crippen molar-refractivity contribution in [3.63, 3.8) is 0 Å². The van der Waals surface area contributed by atoms with E-state index in [1.807, 2.05) is 0 Å². The van der Waals surface area contributed by atoms with Gasteiger partial charge >= 0.3 is 0 Å². The molecule has 0 saturated carbocycles. The monoisotopic (exact) mass is 220 g/mol. The fourth-order valence-electron chi connectivity index (χ4n) is 1.36. The molecule has 0 heterocycles. The Morgan fingerprint density at radius 1 is 1.08 bits per heavy atom. The van der Waals surface area contributed by atoms with E-state index in [-0.39, 0.29) is 0 Å². The second-order valence-corrected chi connectivity index (χ2v) is 3.82. The van der Waals surface area contributed by atoms with Crippen LogP contribution in [-0.2, 0) is 0 Å². The number of hydrogen-bond acceptors (Lipinski definition) is 0. The molecule has 2 aromatic carbocycles. The van der Waals surface area contributed by atoms with Crippen LogP contribution in [0.5, 0.6) is 0 Å². The molecule has 0 aliphatic rings. The third kappa shape index (κ3) is 1.25. The molecule has 12 heavy (non-hydrogen) atoms.